The topological polar surface area (TPSA) is 6.48 Å². The van der Waals surface area contributed by atoms with E-state index in [0.29, 0.717) is 6.04 Å². The summed E-state index contributed by atoms with van der Waals surface area (Å²) in [5.41, 5.74) is 0. The SMILES string of the molecule is CC1CN(CCSS)CCN1C. The van der Waals surface area contributed by atoms with E-state index in [9.17, 15) is 0 Å². The Bertz CT molecular complexity index is 130. The Balaban J connectivity index is 2.21. The van der Waals surface area contributed by atoms with Gasteiger partial charge in [-0.1, -0.05) is 10.8 Å². The number of piperazine rings is 1. The lowest BCUT2D eigenvalue weighted by molar-refractivity contribution is 0.110. The molecular weight excluding hydrogens is 188 g/mol. The van der Waals surface area contributed by atoms with Crippen LogP contribution in [0.3, 0.4) is 0 Å². The van der Waals surface area contributed by atoms with E-state index >= 15 is 0 Å². The van der Waals surface area contributed by atoms with Crippen molar-refractivity contribution in [2.24, 2.45) is 0 Å². The first kappa shape index (κ1) is 10.7. The molecule has 1 aliphatic heterocycles. The third-order valence-electron chi connectivity index (χ3n) is 2.54. The highest BCUT2D eigenvalue weighted by atomic mass is 33.1. The van der Waals surface area contributed by atoms with Crippen LogP contribution in [0.25, 0.3) is 0 Å². The molecule has 0 aromatic heterocycles. The number of likely N-dealkylation sites (N-methyl/N-ethyl adjacent to an activating group) is 1. The maximum Gasteiger partial charge on any atom is 0.0192 e. The van der Waals surface area contributed by atoms with Gasteiger partial charge in [0.15, 0.2) is 0 Å². The lowest BCUT2D eigenvalue weighted by atomic mass is 10.2. The number of hydrogen-bond donors (Lipinski definition) is 1. The van der Waals surface area contributed by atoms with E-state index in [4.69, 9.17) is 0 Å². The predicted octanol–water partition coefficient (Wildman–Crippen LogP) is 1.20. The lowest BCUT2D eigenvalue weighted by Crippen LogP contribution is -2.50. The summed E-state index contributed by atoms with van der Waals surface area (Å²) in [6.07, 6.45) is 0. The molecule has 12 heavy (non-hydrogen) atoms. The van der Waals surface area contributed by atoms with Crippen LogP contribution in [0.5, 0.6) is 0 Å². The first-order chi connectivity index (χ1) is 5.74. The van der Waals surface area contributed by atoms with Crippen molar-refractivity contribution in [2.75, 3.05) is 39.0 Å². The molecule has 1 saturated heterocycles. The van der Waals surface area contributed by atoms with E-state index in [-0.39, 0.29) is 0 Å². The van der Waals surface area contributed by atoms with Crippen LogP contribution in [-0.4, -0.2) is 54.8 Å². The molecule has 1 fully saturated rings. The summed E-state index contributed by atoms with van der Waals surface area (Å²) in [5.74, 6) is 1.14. The monoisotopic (exact) mass is 206 g/mol. The maximum atomic E-state index is 4.14. The molecule has 0 radical (unpaired) electrons. The Hall–Kier alpha value is 0.620. The summed E-state index contributed by atoms with van der Waals surface area (Å²) in [6, 6.07) is 0.712. The van der Waals surface area contributed by atoms with Gasteiger partial charge in [-0.25, -0.2) is 0 Å². The van der Waals surface area contributed by atoms with Crippen LogP contribution >= 0.6 is 22.5 Å². The minimum Gasteiger partial charge on any atom is -0.301 e. The summed E-state index contributed by atoms with van der Waals surface area (Å²) in [4.78, 5) is 4.94. The summed E-state index contributed by atoms with van der Waals surface area (Å²) in [5, 5.41) is 0. The zero-order valence-corrected chi connectivity index (χ0v) is 9.57. The van der Waals surface area contributed by atoms with E-state index in [1.807, 2.05) is 0 Å². The van der Waals surface area contributed by atoms with Gasteiger partial charge >= 0.3 is 0 Å². The predicted molar refractivity (Wildman–Crippen MR) is 60.0 cm³/mol. The van der Waals surface area contributed by atoms with Crippen molar-refractivity contribution >= 4 is 22.5 Å². The fourth-order valence-corrected chi connectivity index (χ4v) is 2.08. The van der Waals surface area contributed by atoms with Gasteiger partial charge in [-0.2, -0.15) is 0 Å². The number of nitrogens with zero attached hydrogens (tertiary/aromatic N) is 2. The summed E-state index contributed by atoms with van der Waals surface area (Å²) in [7, 11) is 3.84. The van der Waals surface area contributed by atoms with Gasteiger partial charge in [-0.3, -0.25) is 4.90 Å². The largest absolute Gasteiger partial charge is 0.301 e. The molecular formula is C8H18N2S2. The van der Waals surface area contributed by atoms with Gasteiger partial charge in [0.25, 0.3) is 0 Å². The van der Waals surface area contributed by atoms with Crippen LogP contribution in [0, 0.1) is 0 Å². The van der Waals surface area contributed by atoms with Crippen molar-refractivity contribution in [3.05, 3.63) is 0 Å². The quantitative estimate of drug-likeness (QED) is 0.548. The second-order valence-electron chi connectivity index (χ2n) is 3.46. The minimum absolute atomic E-state index is 0.712. The maximum absolute atomic E-state index is 4.14. The van der Waals surface area contributed by atoms with E-state index in [0.717, 1.165) is 5.75 Å². The van der Waals surface area contributed by atoms with Gasteiger partial charge in [0.1, 0.15) is 0 Å². The van der Waals surface area contributed by atoms with Gasteiger partial charge in [-0.05, 0) is 14.0 Å². The summed E-state index contributed by atoms with van der Waals surface area (Å²) in [6.45, 7) is 7.12. The highest BCUT2D eigenvalue weighted by Crippen LogP contribution is 2.09. The van der Waals surface area contributed by atoms with Crippen LogP contribution in [0.4, 0.5) is 0 Å². The van der Waals surface area contributed by atoms with E-state index in [2.05, 4.69) is 35.4 Å². The fourth-order valence-electron chi connectivity index (χ4n) is 1.50. The molecule has 1 heterocycles. The second kappa shape index (κ2) is 5.37. The zero-order valence-electron chi connectivity index (χ0n) is 7.86. The molecule has 0 N–H and O–H groups in total. The fraction of sp³-hybridized carbons (Fsp3) is 1.00. The number of thiol groups is 1. The Morgan fingerprint density at radius 1 is 1.50 bits per heavy atom. The Morgan fingerprint density at radius 3 is 2.83 bits per heavy atom. The van der Waals surface area contributed by atoms with Crippen molar-refractivity contribution in [1.29, 1.82) is 0 Å². The van der Waals surface area contributed by atoms with Gasteiger partial charge < -0.3 is 4.90 Å². The van der Waals surface area contributed by atoms with Crippen LogP contribution < -0.4 is 0 Å². The van der Waals surface area contributed by atoms with Crippen molar-refractivity contribution < 1.29 is 0 Å². The van der Waals surface area contributed by atoms with Crippen LogP contribution in [0.15, 0.2) is 0 Å². The molecule has 0 aromatic carbocycles. The first-order valence-corrected chi connectivity index (χ1v) is 6.47. The highest BCUT2D eigenvalue weighted by molar-refractivity contribution is 8.68. The lowest BCUT2D eigenvalue weighted by Gasteiger charge is -2.37. The van der Waals surface area contributed by atoms with Crippen molar-refractivity contribution in [1.82, 2.24) is 9.80 Å². The van der Waals surface area contributed by atoms with Gasteiger partial charge in [0.05, 0.1) is 0 Å². The van der Waals surface area contributed by atoms with Gasteiger partial charge in [-0.15, -0.1) is 11.7 Å². The summed E-state index contributed by atoms with van der Waals surface area (Å²) >= 11 is 4.14. The molecule has 1 atom stereocenters. The second-order valence-corrected chi connectivity index (χ2v) is 4.90. The molecule has 0 spiro atoms. The molecule has 1 rings (SSSR count). The first-order valence-electron chi connectivity index (χ1n) is 4.43. The van der Waals surface area contributed by atoms with Crippen LogP contribution in [0.1, 0.15) is 6.92 Å². The van der Waals surface area contributed by atoms with Crippen LogP contribution in [-0.2, 0) is 0 Å². The highest BCUT2D eigenvalue weighted by Gasteiger charge is 2.19. The molecule has 0 aliphatic carbocycles. The molecule has 1 unspecified atom stereocenters. The van der Waals surface area contributed by atoms with Gasteiger partial charge in [0, 0.05) is 38.0 Å². The molecule has 4 heteroatoms. The molecule has 72 valence electrons. The van der Waals surface area contributed by atoms with Crippen molar-refractivity contribution in [3.8, 4) is 0 Å². The molecule has 0 saturated carbocycles. The van der Waals surface area contributed by atoms with Crippen LogP contribution in [0.2, 0.25) is 0 Å². The van der Waals surface area contributed by atoms with Gasteiger partial charge in [0.2, 0.25) is 0 Å². The van der Waals surface area contributed by atoms with E-state index in [1.165, 1.54) is 26.2 Å². The van der Waals surface area contributed by atoms with Crippen molar-refractivity contribution in [2.45, 2.75) is 13.0 Å². The number of rotatable bonds is 3. The number of hydrogen-bond acceptors (Lipinski definition) is 4. The third-order valence-corrected chi connectivity index (χ3v) is 3.46. The zero-order chi connectivity index (χ0) is 8.97. The third kappa shape index (κ3) is 3.17. The minimum atomic E-state index is 0.712. The van der Waals surface area contributed by atoms with E-state index in [1.54, 1.807) is 10.8 Å². The molecule has 0 amide bonds. The standard InChI is InChI=1S/C8H18N2S2/c1-8-7-10(5-6-12-11)4-3-9(8)2/h8,11H,3-7H2,1-2H3. The average Bonchev–Trinajstić information content (AvgIpc) is 2.07. The smallest absolute Gasteiger partial charge is 0.0192 e. The Morgan fingerprint density at radius 2 is 2.25 bits per heavy atom. The molecule has 0 aromatic rings. The molecule has 0 bridgehead atoms. The normalized spacial score (nSPS) is 27.8. The molecule has 1 aliphatic rings. The molecule has 2 nitrogen and oxygen atoms in total. The summed E-state index contributed by atoms with van der Waals surface area (Å²) < 4.78 is 0. The van der Waals surface area contributed by atoms with E-state index < -0.39 is 0 Å². The average molecular weight is 206 g/mol. The Kier molecular flexibility index (Phi) is 4.79. The Labute approximate surface area is 84.5 Å². The van der Waals surface area contributed by atoms with Crippen molar-refractivity contribution in [3.63, 3.8) is 0 Å².